The minimum absolute atomic E-state index is 0. The quantitative estimate of drug-likeness (QED) is 0.820. The second kappa shape index (κ2) is 9.09. The van der Waals surface area contributed by atoms with Gasteiger partial charge in [-0.15, -0.1) is 45.3 Å². The van der Waals surface area contributed by atoms with Crippen LogP contribution in [0.3, 0.4) is 0 Å². The lowest BCUT2D eigenvalue weighted by atomic mass is 10.4. The van der Waals surface area contributed by atoms with Gasteiger partial charge in [-0.2, -0.15) is 0 Å². The van der Waals surface area contributed by atoms with Gasteiger partial charge in [-0.25, -0.2) is 9.78 Å². The number of ether oxygens (including phenoxy) is 1. The Labute approximate surface area is 120 Å². The lowest BCUT2D eigenvalue weighted by molar-refractivity contribution is 0.0519. The fraction of sp³-hybridized carbons (Fsp3) is 0.556. The maximum absolute atomic E-state index is 11.4. The maximum Gasteiger partial charge on any atom is 0.358 e. The summed E-state index contributed by atoms with van der Waals surface area (Å²) < 4.78 is 4.87. The molecule has 0 spiro atoms. The zero-order valence-corrected chi connectivity index (χ0v) is 13.4. The maximum atomic E-state index is 11.4. The van der Waals surface area contributed by atoms with Crippen molar-refractivity contribution in [1.82, 2.24) is 4.98 Å². The summed E-state index contributed by atoms with van der Waals surface area (Å²) in [6.07, 6.45) is 0.713. The van der Waals surface area contributed by atoms with E-state index in [1.165, 1.54) is 11.3 Å². The van der Waals surface area contributed by atoms with Crippen molar-refractivity contribution in [2.75, 3.05) is 13.2 Å². The van der Waals surface area contributed by atoms with E-state index in [1.807, 2.05) is 6.92 Å². The summed E-state index contributed by atoms with van der Waals surface area (Å²) in [5.74, 6) is -0.343. The molecule has 0 aliphatic rings. The Kier molecular flexibility index (Phi) is 10.4. The molecule has 1 aromatic heterocycles. The molecule has 0 bridgehead atoms. The van der Waals surface area contributed by atoms with Gasteiger partial charge in [0.1, 0.15) is 0 Å². The highest BCUT2D eigenvalue weighted by atomic mass is 79.9. The Morgan fingerprint density at radius 2 is 2.12 bits per heavy atom. The SMILES string of the molecule is Br.Br.CCOC(=O)c1nc(CCN)sc1C. The van der Waals surface area contributed by atoms with Gasteiger partial charge in [0.2, 0.25) is 0 Å². The van der Waals surface area contributed by atoms with Gasteiger partial charge >= 0.3 is 5.97 Å². The van der Waals surface area contributed by atoms with Crippen molar-refractivity contribution in [2.45, 2.75) is 20.3 Å². The summed E-state index contributed by atoms with van der Waals surface area (Å²) >= 11 is 1.50. The molecular formula is C9H16Br2N2O2S. The molecule has 4 nitrogen and oxygen atoms in total. The molecule has 0 saturated heterocycles. The molecule has 94 valence electrons. The van der Waals surface area contributed by atoms with Crippen molar-refractivity contribution in [3.63, 3.8) is 0 Å². The summed E-state index contributed by atoms with van der Waals surface area (Å²) in [5, 5.41) is 0.896. The predicted molar refractivity (Wildman–Crippen MR) is 76.2 cm³/mol. The molecule has 0 fully saturated rings. The van der Waals surface area contributed by atoms with Crippen LogP contribution in [-0.4, -0.2) is 24.1 Å². The van der Waals surface area contributed by atoms with Crippen LogP contribution in [0.1, 0.15) is 27.3 Å². The molecule has 0 aliphatic heterocycles. The zero-order valence-electron chi connectivity index (χ0n) is 9.19. The summed E-state index contributed by atoms with van der Waals surface area (Å²) in [7, 11) is 0. The first-order valence-corrected chi connectivity index (χ1v) is 5.34. The van der Waals surface area contributed by atoms with Gasteiger partial charge in [-0.3, -0.25) is 0 Å². The highest BCUT2D eigenvalue weighted by Gasteiger charge is 2.15. The summed E-state index contributed by atoms with van der Waals surface area (Å²) in [6, 6.07) is 0. The third kappa shape index (κ3) is 4.90. The van der Waals surface area contributed by atoms with Gasteiger partial charge in [-0.05, 0) is 20.4 Å². The average molecular weight is 376 g/mol. The normalized spacial score (nSPS) is 8.94. The number of nitrogens with zero attached hydrogens (tertiary/aromatic N) is 1. The molecule has 0 radical (unpaired) electrons. The number of carbonyl (C=O) groups is 1. The molecule has 1 aromatic rings. The monoisotopic (exact) mass is 374 g/mol. The summed E-state index contributed by atoms with van der Waals surface area (Å²) in [6.45, 7) is 4.57. The Morgan fingerprint density at radius 3 is 2.62 bits per heavy atom. The van der Waals surface area contributed by atoms with Crippen molar-refractivity contribution >= 4 is 51.3 Å². The molecule has 7 heteroatoms. The molecule has 0 saturated carbocycles. The van der Waals surface area contributed by atoms with E-state index in [0.29, 0.717) is 25.3 Å². The molecule has 0 aromatic carbocycles. The van der Waals surface area contributed by atoms with Crippen LogP contribution in [0.4, 0.5) is 0 Å². The molecular weight excluding hydrogens is 360 g/mol. The van der Waals surface area contributed by atoms with Crippen molar-refractivity contribution < 1.29 is 9.53 Å². The topological polar surface area (TPSA) is 65.2 Å². The number of carbonyl (C=O) groups excluding carboxylic acids is 1. The van der Waals surface area contributed by atoms with E-state index in [1.54, 1.807) is 6.92 Å². The Bertz CT molecular complexity index is 331. The lowest BCUT2D eigenvalue weighted by Gasteiger charge is -1.97. The van der Waals surface area contributed by atoms with Crippen molar-refractivity contribution in [2.24, 2.45) is 5.73 Å². The molecule has 16 heavy (non-hydrogen) atoms. The van der Waals surface area contributed by atoms with Crippen LogP contribution in [0.2, 0.25) is 0 Å². The van der Waals surface area contributed by atoms with Gasteiger partial charge in [0.05, 0.1) is 11.6 Å². The van der Waals surface area contributed by atoms with Crippen molar-refractivity contribution in [3.05, 3.63) is 15.6 Å². The van der Waals surface area contributed by atoms with Crippen LogP contribution in [0.15, 0.2) is 0 Å². The molecule has 1 rings (SSSR count). The number of halogens is 2. The van der Waals surface area contributed by atoms with Gasteiger partial charge in [-0.1, -0.05) is 0 Å². The lowest BCUT2D eigenvalue weighted by Crippen LogP contribution is -2.07. The average Bonchev–Trinajstić information content (AvgIpc) is 2.48. The van der Waals surface area contributed by atoms with Crippen LogP contribution >= 0.6 is 45.3 Å². The number of hydrogen-bond donors (Lipinski definition) is 1. The first-order chi connectivity index (χ1) is 6.69. The second-order valence-electron chi connectivity index (χ2n) is 2.77. The summed E-state index contributed by atoms with van der Waals surface area (Å²) in [4.78, 5) is 16.5. The van der Waals surface area contributed by atoms with E-state index in [-0.39, 0.29) is 39.9 Å². The van der Waals surface area contributed by atoms with Crippen molar-refractivity contribution in [3.8, 4) is 0 Å². The number of esters is 1. The van der Waals surface area contributed by atoms with Gasteiger partial charge in [0, 0.05) is 11.3 Å². The first kappa shape index (κ1) is 18.4. The van der Waals surface area contributed by atoms with E-state index in [9.17, 15) is 4.79 Å². The molecule has 0 unspecified atom stereocenters. The third-order valence-corrected chi connectivity index (χ3v) is 2.70. The van der Waals surface area contributed by atoms with Crippen molar-refractivity contribution in [1.29, 1.82) is 0 Å². The minimum atomic E-state index is -0.343. The van der Waals surface area contributed by atoms with E-state index in [0.717, 1.165) is 9.88 Å². The van der Waals surface area contributed by atoms with Crippen LogP contribution < -0.4 is 5.73 Å². The number of nitrogens with two attached hydrogens (primary N) is 1. The summed E-state index contributed by atoms with van der Waals surface area (Å²) in [5.41, 5.74) is 5.84. The highest BCUT2D eigenvalue weighted by Crippen LogP contribution is 2.18. The highest BCUT2D eigenvalue weighted by molar-refractivity contribution is 8.93. The number of aryl methyl sites for hydroxylation is 1. The standard InChI is InChI=1S/C9H14N2O2S.2BrH/c1-3-13-9(12)8-6(2)14-7(11-8)4-5-10;;/h3-5,10H2,1-2H3;2*1H. The Balaban J connectivity index is 0. The molecule has 0 amide bonds. The first-order valence-electron chi connectivity index (χ1n) is 4.52. The van der Waals surface area contributed by atoms with Crippen LogP contribution in [-0.2, 0) is 11.2 Å². The number of aromatic nitrogens is 1. The smallest absolute Gasteiger partial charge is 0.358 e. The molecule has 2 N–H and O–H groups in total. The number of thiazole rings is 1. The van der Waals surface area contributed by atoms with E-state index >= 15 is 0 Å². The Hall–Kier alpha value is 0.0200. The molecule has 1 heterocycles. The second-order valence-corrected chi connectivity index (χ2v) is 4.06. The van der Waals surface area contributed by atoms with E-state index in [2.05, 4.69) is 4.98 Å². The molecule has 0 atom stereocenters. The van der Waals surface area contributed by atoms with Gasteiger partial charge in [0.15, 0.2) is 5.69 Å². The predicted octanol–water partition coefficient (Wildman–Crippen LogP) is 2.29. The number of rotatable bonds is 4. The van der Waals surface area contributed by atoms with E-state index in [4.69, 9.17) is 10.5 Å². The fourth-order valence-corrected chi connectivity index (χ4v) is 2.01. The third-order valence-electron chi connectivity index (χ3n) is 1.67. The zero-order chi connectivity index (χ0) is 10.6. The van der Waals surface area contributed by atoms with E-state index < -0.39 is 0 Å². The van der Waals surface area contributed by atoms with Gasteiger partial charge < -0.3 is 10.5 Å². The van der Waals surface area contributed by atoms with Gasteiger partial charge in [0.25, 0.3) is 0 Å². The Morgan fingerprint density at radius 1 is 1.50 bits per heavy atom. The van der Waals surface area contributed by atoms with Crippen LogP contribution in [0.5, 0.6) is 0 Å². The largest absolute Gasteiger partial charge is 0.461 e. The number of hydrogen-bond acceptors (Lipinski definition) is 5. The van der Waals surface area contributed by atoms with Crippen LogP contribution in [0, 0.1) is 6.92 Å². The molecule has 0 aliphatic carbocycles. The van der Waals surface area contributed by atoms with Crippen LogP contribution in [0.25, 0.3) is 0 Å². The fourth-order valence-electron chi connectivity index (χ4n) is 1.07. The minimum Gasteiger partial charge on any atom is -0.461 e.